The zero-order chi connectivity index (χ0) is 28.6. The van der Waals surface area contributed by atoms with Crippen molar-refractivity contribution in [2.24, 2.45) is 17.6 Å². The fourth-order valence-corrected chi connectivity index (χ4v) is 6.54. The average molecular weight is 566 g/mol. The number of ether oxygens (including phenoxy) is 2. The minimum Gasteiger partial charge on any atom is -0.496 e. The molecular weight excluding hydrogens is 510 g/mol. The van der Waals surface area contributed by atoms with E-state index in [0.717, 1.165) is 88.9 Å². The van der Waals surface area contributed by atoms with Gasteiger partial charge in [-0.15, -0.1) is 11.6 Å². The Labute approximate surface area is 243 Å². The van der Waals surface area contributed by atoms with Gasteiger partial charge in [0.1, 0.15) is 12.4 Å². The Hall–Kier alpha value is -0.890. The summed E-state index contributed by atoms with van der Waals surface area (Å²) >= 11 is 5.92. The van der Waals surface area contributed by atoms with Gasteiger partial charge in [-0.05, 0) is 87.5 Å². The largest absolute Gasteiger partial charge is 0.496 e. The molecule has 3 aliphatic rings. The third-order valence-electron chi connectivity index (χ3n) is 8.94. The molecule has 1 fully saturated rings. The summed E-state index contributed by atoms with van der Waals surface area (Å²) in [7, 11) is 0. The van der Waals surface area contributed by atoms with E-state index in [9.17, 15) is 5.11 Å². The van der Waals surface area contributed by atoms with Crippen molar-refractivity contribution in [3.8, 4) is 0 Å². The van der Waals surface area contributed by atoms with Crippen LogP contribution in [0.3, 0.4) is 0 Å². The first kappa shape index (κ1) is 32.6. The van der Waals surface area contributed by atoms with Gasteiger partial charge in [0.15, 0.2) is 0 Å². The van der Waals surface area contributed by atoms with E-state index >= 15 is 0 Å². The van der Waals surface area contributed by atoms with Crippen molar-refractivity contribution < 1.29 is 14.6 Å². The molecule has 0 aromatic heterocycles. The molecule has 5 unspecified atom stereocenters. The number of nitrogens with one attached hydrogen (secondary N) is 1. The molecule has 3 rings (SSSR count). The van der Waals surface area contributed by atoms with E-state index in [2.05, 4.69) is 43.6 Å². The molecule has 1 aliphatic carbocycles. The maximum absolute atomic E-state index is 11.5. The van der Waals surface area contributed by atoms with Gasteiger partial charge in [0.25, 0.3) is 0 Å². The highest BCUT2D eigenvalue weighted by molar-refractivity contribution is 6.17. The van der Waals surface area contributed by atoms with E-state index in [-0.39, 0.29) is 29.5 Å². The van der Waals surface area contributed by atoms with Crippen molar-refractivity contribution in [2.45, 2.75) is 109 Å². The Morgan fingerprint density at radius 1 is 1.41 bits per heavy atom. The molecule has 5 atom stereocenters. The van der Waals surface area contributed by atoms with E-state index < -0.39 is 5.60 Å². The third-order valence-corrected chi connectivity index (χ3v) is 9.21. The number of piperidine rings is 1. The summed E-state index contributed by atoms with van der Waals surface area (Å²) in [6.45, 7) is 20.1. The second kappa shape index (κ2) is 14.8. The standard InChI is InChI=1S/C32H56ClN3O3/c1-7-16-35-29-21-38-30-13-12-26(39-22-31(5,6)34)19-28(30)27(25(29)4)11-9-17-36-18-14-32(37,24(3)20-36)23(2)10-8-15-33/h11,23-24,26,29,35,37H,4,7-10,12-22,34H2,1-3,5-6H3/b27-11+. The maximum atomic E-state index is 11.5. The normalized spacial score (nSPS) is 30.7. The summed E-state index contributed by atoms with van der Waals surface area (Å²) < 4.78 is 12.6. The van der Waals surface area contributed by atoms with Crippen molar-refractivity contribution in [3.63, 3.8) is 0 Å². The van der Waals surface area contributed by atoms with E-state index in [1.807, 2.05) is 13.8 Å². The topological polar surface area (TPSA) is 80.0 Å². The molecule has 224 valence electrons. The minimum absolute atomic E-state index is 0.114. The van der Waals surface area contributed by atoms with Crippen LogP contribution in [0.4, 0.5) is 0 Å². The summed E-state index contributed by atoms with van der Waals surface area (Å²) in [5.74, 6) is 2.29. The zero-order valence-corrected chi connectivity index (χ0v) is 26.1. The number of aliphatic hydroxyl groups is 1. The number of nitrogens with two attached hydrogens (primary N) is 1. The van der Waals surface area contributed by atoms with Crippen LogP contribution in [0, 0.1) is 11.8 Å². The number of likely N-dealkylation sites (tertiary alicyclic amines) is 1. The molecule has 0 aromatic rings. The van der Waals surface area contributed by atoms with Crippen LogP contribution in [0.25, 0.3) is 0 Å². The predicted octanol–water partition coefficient (Wildman–Crippen LogP) is 5.55. The fraction of sp³-hybridized carbons (Fsp3) is 0.812. The molecule has 1 saturated heterocycles. The minimum atomic E-state index is -0.596. The molecule has 0 aromatic carbocycles. The molecular formula is C32H56ClN3O3. The highest BCUT2D eigenvalue weighted by Gasteiger charge is 2.42. The Morgan fingerprint density at radius 2 is 2.18 bits per heavy atom. The van der Waals surface area contributed by atoms with Gasteiger partial charge in [0.05, 0.1) is 24.4 Å². The lowest BCUT2D eigenvalue weighted by molar-refractivity contribution is -0.104. The average Bonchev–Trinajstić information content (AvgIpc) is 3.02. The molecule has 0 spiro atoms. The summed E-state index contributed by atoms with van der Waals surface area (Å²) in [5, 5.41) is 15.1. The Kier molecular flexibility index (Phi) is 12.4. The quantitative estimate of drug-likeness (QED) is 0.254. The SMILES string of the molecule is C=C1/C(=C\CCN2CCC(O)(C(C)CCCCl)C(C)C2)C2=C(CCC(OCC(C)(C)N)C2)OCC1NCCC. The number of allylic oxidation sites excluding steroid dienone is 1. The Bertz CT molecular complexity index is 867. The first-order valence-electron chi connectivity index (χ1n) is 15.4. The summed E-state index contributed by atoms with van der Waals surface area (Å²) in [6, 6.07) is 0.114. The first-order valence-corrected chi connectivity index (χ1v) is 15.9. The van der Waals surface area contributed by atoms with E-state index in [0.29, 0.717) is 19.1 Å². The molecule has 4 N–H and O–H groups in total. The van der Waals surface area contributed by atoms with Gasteiger partial charge in [-0.25, -0.2) is 0 Å². The number of nitrogens with zero attached hydrogens (tertiary/aromatic N) is 1. The third kappa shape index (κ3) is 9.05. The van der Waals surface area contributed by atoms with Crippen LogP contribution in [0.1, 0.15) is 86.0 Å². The second-order valence-electron chi connectivity index (χ2n) is 13.0. The molecule has 6 nitrogen and oxygen atoms in total. The summed E-state index contributed by atoms with van der Waals surface area (Å²) in [6.07, 6.45) is 10.0. The van der Waals surface area contributed by atoms with Gasteiger partial charge in [-0.3, -0.25) is 0 Å². The van der Waals surface area contributed by atoms with E-state index in [1.165, 1.54) is 11.1 Å². The molecule has 0 radical (unpaired) electrons. The molecule has 39 heavy (non-hydrogen) atoms. The van der Waals surface area contributed by atoms with Gasteiger partial charge in [0.2, 0.25) is 0 Å². The molecule has 0 bridgehead atoms. The van der Waals surface area contributed by atoms with Crippen LogP contribution < -0.4 is 11.1 Å². The number of rotatable bonds is 13. The molecule has 0 amide bonds. The lowest BCUT2D eigenvalue weighted by Gasteiger charge is -2.46. The van der Waals surface area contributed by atoms with Gasteiger partial charge in [0, 0.05) is 43.9 Å². The first-order chi connectivity index (χ1) is 18.5. The fourth-order valence-electron chi connectivity index (χ4n) is 6.38. The number of hydrogen-bond acceptors (Lipinski definition) is 6. The second-order valence-corrected chi connectivity index (χ2v) is 13.4. The van der Waals surface area contributed by atoms with Gasteiger partial charge < -0.3 is 30.5 Å². The summed E-state index contributed by atoms with van der Waals surface area (Å²) in [5.41, 5.74) is 8.90. The van der Waals surface area contributed by atoms with Crippen LogP contribution in [0.5, 0.6) is 0 Å². The maximum Gasteiger partial charge on any atom is 0.107 e. The lowest BCUT2D eigenvalue weighted by Crippen LogP contribution is -2.54. The number of hydrogen-bond donors (Lipinski definition) is 3. The molecule has 0 saturated carbocycles. The van der Waals surface area contributed by atoms with Gasteiger partial charge >= 0.3 is 0 Å². The van der Waals surface area contributed by atoms with Crippen LogP contribution >= 0.6 is 11.6 Å². The smallest absolute Gasteiger partial charge is 0.107 e. The van der Waals surface area contributed by atoms with Crippen molar-refractivity contribution in [1.82, 2.24) is 10.2 Å². The molecule has 7 heteroatoms. The monoisotopic (exact) mass is 565 g/mol. The highest BCUT2D eigenvalue weighted by atomic mass is 35.5. The van der Waals surface area contributed by atoms with Crippen LogP contribution in [-0.4, -0.2) is 78.6 Å². The van der Waals surface area contributed by atoms with Gasteiger partial charge in [-0.1, -0.05) is 33.4 Å². The lowest BCUT2D eigenvalue weighted by atomic mass is 9.72. The highest BCUT2D eigenvalue weighted by Crippen LogP contribution is 2.39. The van der Waals surface area contributed by atoms with Crippen LogP contribution in [0.2, 0.25) is 0 Å². The van der Waals surface area contributed by atoms with Crippen LogP contribution in [-0.2, 0) is 9.47 Å². The Balaban J connectivity index is 1.69. The number of alkyl halides is 1. The van der Waals surface area contributed by atoms with Crippen molar-refractivity contribution in [3.05, 3.63) is 35.1 Å². The number of halogens is 1. The van der Waals surface area contributed by atoms with E-state index in [1.54, 1.807) is 0 Å². The zero-order valence-electron chi connectivity index (χ0n) is 25.4. The van der Waals surface area contributed by atoms with E-state index in [4.69, 9.17) is 26.8 Å². The van der Waals surface area contributed by atoms with Crippen molar-refractivity contribution in [1.29, 1.82) is 0 Å². The molecule has 2 aliphatic heterocycles. The van der Waals surface area contributed by atoms with Crippen molar-refractivity contribution in [2.75, 3.05) is 45.3 Å². The van der Waals surface area contributed by atoms with Gasteiger partial charge in [-0.2, -0.15) is 0 Å². The summed E-state index contributed by atoms with van der Waals surface area (Å²) in [4.78, 5) is 2.51. The predicted molar refractivity (Wildman–Crippen MR) is 163 cm³/mol. The van der Waals surface area contributed by atoms with Crippen LogP contribution in [0.15, 0.2) is 35.1 Å². The van der Waals surface area contributed by atoms with Crippen molar-refractivity contribution >= 4 is 11.6 Å². The Morgan fingerprint density at radius 3 is 2.85 bits per heavy atom. The molecule has 2 heterocycles.